The summed E-state index contributed by atoms with van der Waals surface area (Å²) in [5.74, 6) is -1.27. The molecule has 0 saturated heterocycles. The van der Waals surface area contributed by atoms with Crippen molar-refractivity contribution in [2.45, 2.75) is 26.8 Å². The number of aliphatic carboxylic acids is 1. The zero-order valence-electron chi connectivity index (χ0n) is 11.1. The summed E-state index contributed by atoms with van der Waals surface area (Å²) in [6.45, 7) is 3.78. The summed E-state index contributed by atoms with van der Waals surface area (Å²) in [4.78, 5) is 24.4. The molecular formula is C14H18BrNO3. The van der Waals surface area contributed by atoms with Crippen LogP contribution in [0.25, 0.3) is 0 Å². The Morgan fingerprint density at radius 2 is 2.11 bits per heavy atom. The summed E-state index contributed by atoms with van der Waals surface area (Å²) in [7, 11) is 0. The summed E-state index contributed by atoms with van der Waals surface area (Å²) >= 11 is 3.36. The van der Waals surface area contributed by atoms with Crippen molar-refractivity contribution in [3.63, 3.8) is 0 Å². The minimum absolute atomic E-state index is 0.120. The molecule has 5 heteroatoms. The van der Waals surface area contributed by atoms with Crippen molar-refractivity contribution in [1.29, 1.82) is 0 Å². The summed E-state index contributed by atoms with van der Waals surface area (Å²) in [6.07, 6.45) is 0.702. The number of carboxylic acids is 1. The van der Waals surface area contributed by atoms with Crippen molar-refractivity contribution < 1.29 is 14.7 Å². The van der Waals surface area contributed by atoms with Gasteiger partial charge in [-0.15, -0.1) is 0 Å². The fourth-order valence-corrected chi connectivity index (χ4v) is 2.16. The zero-order valence-corrected chi connectivity index (χ0v) is 12.7. The van der Waals surface area contributed by atoms with Crippen molar-refractivity contribution in [2.75, 3.05) is 6.54 Å². The van der Waals surface area contributed by atoms with E-state index in [0.29, 0.717) is 13.0 Å². The van der Waals surface area contributed by atoms with Gasteiger partial charge in [-0.2, -0.15) is 0 Å². The normalized spacial score (nSPS) is 11.9. The van der Waals surface area contributed by atoms with Crippen LogP contribution < -0.4 is 0 Å². The van der Waals surface area contributed by atoms with E-state index >= 15 is 0 Å². The third-order valence-corrected chi connectivity index (χ3v) is 3.43. The van der Waals surface area contributed by atoms with E-state index in [9.17, 15) is 9.59 Å². The van der Waals surface area contributed by atoms with Gasteiger partial charge in [0.1, 0.15) is 6.54 Å². The molecule has 4 nitrogen and oxygen atoms in total. The summed E-state index contributed by atoms with van der Waals surface area (Å²) < 4.78 is 0.913. The number of benzene rings is 1. The smallest absolute Gasteiger partial charge is 0.323 e. The first-order valence-corrected chi connectivity index (χ1v) is 6.98. The molecular weight excluding hydrogens is 310 g/mol. The maximum absolute atomic E-state index is 12.1. The SMILES string of the molecule is CCC(C)C(=O)N(CC(=O)O)Cc1cccc(Br)c1. The van der Waals surface area contributed by atoms with Gasteiger partial charge in [-0.1, -0.05) is 41.9 Å². The van der Waals surface area contributed by atoms with Crippen molar-refractivity contribution in [3.05, 3.63) is 34.3 Å². The van der Waals surface area contributed by atoms with Crippen LogP contribution in [0.5, 0.6) is 0 Å². The molecule has 0 aliphatic carbocycles. The van der Waals surface area contributed by atoms with Crippen molar-refractivity contribution in [2.24, 2.45) is 5.92 Å². The van der Waals surface area contributed by atoms with Crippen molar-refractivity contribution in [3.8, 4) is 0 Å². The van der Waals surface area contributed by atoms with Crippen LogP contribution in [0, 0.1) is 5.92 Å². The number of rotatable bonds is 6. The molecule has 1 N–H and O–H groups in total. The number of carbonyl (C=O) groups is 2. The van der Waals surface area contributed by atoms with Crippen LogP contribution in [0.3, 0.4) is 0 Å². The van der Waals surface area contributed by atoms with Gasteiger partial charge in [-0.25, -0.2) is 0 Å². The molecule has 1 amide bonds. The lowest BCUT2D eigenvalue weighted by atomic mass is 10.1. The topological polar surface area (TPSA) is 57.6 Å². The molecule has 1 atom stereocenters. The minimum atomic E-state index is -0.994. The third kappa shape index (κ3) is 5.03. The van der Waals surface area contributed by atoms with Gasteiger partial charge < -0.3 is 10.0 Å². The molecule has 0 aliphatic rings. The van der Waals surface area contributed by atoms with Crippen LogP contribution in [-0.2, 0) is 16.1 Å². The first kappa shape index (κ1) is 15.7. The van der Waals surface area contributed by atoms with Gasteiger partial charge in [0.25, 0.3) is 0 Å². The Morgan fingerprint density at radius 1 is 1.42 bits per heavy atom. The summed E-state index contributed by atoms with van der Waals surface area (Å²) in [5.41, 5.74) is 0.910. The Morgan fingerprint density at radius 3 is 2.63 bits per heavy atom. The number of halogens is 1. The molecule has 0 heterocycles. The maximum atomic E-state index is 12.1. The van der Waals surface area contributed by atoms with Crippen LogP contribution in [-0.4, -0.2) is 28.4 Å². The van der Waals surface area contributed by atoms with E-state index in [1.807, 2.05) is 38.1 Å². The number of hydrogen-bond acceptors (Lipinski definition) is 2. The van der Waals surface area contributed by atoms with Crippen LogP contribution in [0.2, 0.25) is 0 Å². The molecule has 1 aromatic rings. The average Bonchev–Trinajstić information content (AvgIpc) is 2.35. The van der Waals surface area contributed by atoms with E-state index in [-0.39, 0.29) is 18.4 Å². The monoisotopic (exact) mass is 327 g/mol. The lowest BCUT2D eigenvalue weighted by Crippen LogP contribution is -2.38. The van der Waals surface area contributed by atoms with Gasteiger partial charge in [0.15, 0.2) is 0 Å². The largest absolute Gasteiger partial charge is 0.480 e. The molecule has 0 aliphatic heterocycles. The average molecular weight is 328 g/mol. The lowest BCUT2D eigenvalue weighted by molar-refractivity contribution is -0.146. The van der Waals surface area contributed by atoms with E-state index in [2.05, 4.69) is 15.9 Å². The third-order valence-electron chi connectivity index (χ3n) is 2.93. The quantitative estimate of drug-likeness (QED) is 0.873. The Bertz CT molecular complexity index is 462. The predicted molar refractivity (Wildman–Crippen MR) is 76.6 cm³/mol. The van der Waals surface area contributed by atoms with E-state index in [1.165, 1.54) is 4.90 Å². The number of nitrogens with zero attached hydrogens (tertiary/aromatic N) is 1. The maximum Gasteiger partial charge on any atom is 0.323 e. The van der Waals surface area contributed by atoms with Crippen LogP contribution >= 0.6 is 15.9 Å². The number of amides is 1. The minimum Gasteiger partial charge on any atom is -0.480 e. The first-order chi connectivity index (χ1) is 8.93. The second-order valence-electron chi connectivity index (χ2n) is 4.53. The second-order valence-corrected chi connectivity index (χ2v) is 5.44. The Labute approximate surface area is 121 Å². The van der Waals surface area contributed by atoms with Gasteiger partial charge in [-0.3, -0.25) is 9.59 Å². The highest BCUT2D eigenvalue weighted by Crippen LogP contribution is 2.15. The molecule has 0 aromatic heterocycles. The highest BCUT2D eigenvalue weighted by atomic mass is 79.9. The fourth-order valence-electron chi connectivity index (χ4n) is 1.72. The standard InChI is InChI=1S/C14H18BrNO3/c1-3-10(2)14(19)16(9-13(17)18)8-11-5-4-6-12(15)7-11/h4-7,10H,3,8-9H2,1-2H3,(H,17,18). The van der Waals surface area contributed by atoms with Gasteiger partial charge in [0.2, 0.25) is 5.91 Å². The van der Waals surface area contributed by atoms with Gasteiger partial charge in [0.05, 0.1) is 0 Å². The molecule has 1 aromatic carbocycles. The first-order valence-electron chi connectivity index (χ1n) is 6.19. The zero-order chi connectivity index (χ0) is 14.4. The Hall–Kier alpha value is -1.36. The van der Waals surface area contributed by atoms with Crippen LogP contribution in [0.1, 0.15) is 25.8 Å². The number of hydrogen-bond donors (Lipinski definition) is 1. The Kier molecular flexibility index (Phi) is 6.02. The molecule has 0 fully saturated rings. The van der Waals surface area contributed by atoms with Crippen molar-refractivity contribution >= 4 is 27.8 Å². The van der Waals surface area contributed by atoms with E-state index in [4.69, 9.17) is 5.11 Å². The molecule has 19 heavy (non-hydrogen) atoms. The molecule has 0 saturated carbocycles. The highest BCUT2D eigenvalue weighted by Gasteiger charge is 2.21. The summed E-state index contributed by atoms with van der Waals surface area (Å²) in [6, 6.07) is 7.52. The van der Waals surface area contributed by atoms with Crippen LogP contribution in [0.4, 0.5) is 0 Å². The molecule has 1 rings (SSSR count). The Balaban J connectivity index is 2.85. The molecule has 1 unspecified atom stereocenters. The fraction of sp³-hybridized carbons (Fsp3) is 0.429. The molecule has 0 spiro atoms. The summed E-state index contributed by atoms with van der Waals surface area (Å²) in [5, 5.41) is 8.92. The highest BCUT2D eigenvalue weighted by molar-refractivity contribution is 9.10. The molecule has 0 bridgehead atoms. The van der Waals surface area contributed by atoms with Gasteiger partial charge in [-0.05, 0) is 24.1 Å². The van der Waals surface area contributed by atoms with E-state index in [0.717, 1.165) is 10.0 Å². The van der Waals surface area contributed by atoms with Gasteiger partial charge in [0, 0.05) is 16.9 Å². The second kappa shape index (κ2) is 7.28. The predicted octanol–water partition coefficient (Wildman–Crippen LogP) is 2.91. The number of carbonyl (C=O) groups excluding carboxylic acids is 1. The van der Waals surface area contributed by atoms with E-state index < -0.39 is 5.97 Å². The molecule has 0 radical (unpaired) electrons. The van der Waals surface area contributed by atoms with Crippen molar-refractivity contribution in [1.82, 2.24) is 4.90 Å². The molecule has 104 valence electrons. The lowest BCUT2D eigenvalue weighted by Gasteiger charge is -2.24. The van der Waals surface area contributed by atoms with E-state index in [1.54, 1.807) is 0 Å². The van der Waals surface area contributed by atoms with Crippen LogP contribution in [0.15, 0.2) is 28.7 Å². The van der Waals surface area contributed by atoms with Gasteiger partial charge >= 0.3 is 5.97 Å². The number of carboxylic acid groups (broad SMARTS) is 1.